The van der Waals surface area contributed by atoms with Gasteiger partial charge in [-0.25, -0.2) is 0 Å². The fourth-order valence-corrected chi connectivity index (χ4v) is 1.33. The van der Waals surface area contributed by atoms with Crippen molar-refractivity contribution < 1.29 is 19.7 Å². The lowest BCUT2D eigenvalue weighted by Gasteiger charge is -2.13. The van der Waals surface area contributed by atoms with E-state index >= 15 is 0 Å². The molecule has 0 saturated carbocycles. The number of aromatic hydroxyl groups is 1. The molecule has 0 aliphatic heterocycles. The molecule has 16 heavy (non-hydrogen) atoms. The van der Waals surface area contributed by atoms with Crippen LogP contribution in [0.15, 0.2) is 18.2 Å². The number of benzene rings is 1. The van der Waals surface area contributed by atoms with E-state index in [1.807, 2.05) is 6.07 Å². The molecule has 0 aliphatic carbocycles. The molecule has 0 amide bonds. The van der Waals surface area contributed by atoms with E-state index in [1.54, 1.807) is 19.2 Å². The Kier molecular flexibility index (Phi) is 6.76. The Morgan fingerprint density at radius 2 is 2.06 bits per heavy atom. The highest BCUT2D eigenvalue weighted by Crippen LogP contribution is 2.31. The van der Waals surface area contributed by atoms with E-state index in [2.05, 4.69) is 13.8 Å². The predicted molar refractivity (Wildman–Crippen MR) is 62.1 cm³/mol. The molecule has 4 heteroatoms. The summed E-state index contributed by atoms with van der Waals surface area (Å²) in [4.78, 5) is 8.36. The first-order valence-corrected chi connectivity index (χ1v) is 5.05. The topological polar surface area (TPSA) is 66.8 Å². The number of carbonyl (C=O) groups is 1. The van der Waals surface area contributed by atoms with Crippen LogP contribution in [0.1, 0.15) is 31.7 Å². The third-order valence-corrected chi connectivity index (χ3v) is 2.36. The van der Waals surface area contributed by atoms with E-state index < -0.39 is 0 Å². The second-order valence-electron chi connectivity index (χ2n) is 3.34. The van der Waals surface area contributed by atoms with E-state index in [1.165, 1.54) is 0 Å². The van der Waals surface area contributed by atoms with Crippen LogP contribution in [-0.2, 0) is 4.79 Å². The Hall–Kier alpha value is -1.71. The summed E-state index contributed by atoms with van der Waals surface area (Å²) in [7, 11) is 1.63. The van der Waals surface area contributed by atoms with Crippen molar-refractivity contribution in [3.8, 4) is 11.5 Å². The third kappa shape index (κ3) is 4.21. The van der Waals surface area contributed by atoms with Crippen LogP contribution in [0.2, 0.25) is 0 Å². The summed E-state index contributed by atoms with van der Waals surface area (Å²) >= 11 is 0. The van der Waals surface area contributed by atoms with Crippen molar-refractivity contribution in [2.75, 3.05) is 7.11 Å². The zero-order valence-corrected chi connectivity index (χ0v) is 9.80. The minimum Gasteiger partial charge on any atom is -0.508 e. The molecule has 1 aromatic carbocycles. The van der Waals surface area contributed by atoms with Crippen molar-refractivity contribution in [3.63, 3.8) is 0 Å². The molecule has 1 unspecified atom stereocenters. The molecule has 0 heterocycles. The van der Waals surface area contributed by atoms with Gasteiger partial charge in [0.05, 0.1) is 7.11 Å². The molecule has 90 valence electrons. The van der Waals surface area contributed by atoms with Gasteiger partial charge in [0.15, 0.2) is 0 Å². The van der Waals surface area contributed by atoms with Crippen LogP contribution >= 0.6 is 0 Å². The quantitative estimate of drug-likeness (QED) is 0.777. The van der Waals surface area contributed by atoms with Crippen LogP contribution in [-0.4, -0.2) is 23.8 Å². The molecule has 0 aromatic heterocycles. The summed E-state index contributed by atoms with van der Waals surface area (Å²) in [6.07, 6.45) is 1.07. The first-order valence-electron chi connectivity index (χ1n) is 5.05. The fraction of sp³-hybridized carbons (Fsp3) is 0.417. The number of ether oxygens (including phenoxy) is 1. The Morgan fingerprint density at radius 3 is 2.50 bits per heavy atom. The molecule has 1 aromatic rings. The van der Waals surface area contributed by atoms with Gasteiger partial charge < -0.3 is 14.9 Å². The third-order valence-electron chi connectivity index (χ3n) is 2.36. The predicted octanol–water partition coefficient (Wildman–Crippen LogP) is 2.62. The molecule has 0 radical (unpaired) electrons. The van der Waals surface area contributed by atoms with Crippen LogP contribution in [0.3, 0.4) is 0 Å². The van der Waals surface area contributed by atoms with Gasteiger partial charge in [-0.2, -0.15) is 0 Å². The maximum Gasteiger partial charge on any atom is 0.290 e. The number of phenols is 1. The molecule has 1 rings (SSSR count). The molecule has 2 N–H and O–H groups in total. The minimum absolute atomic E-state index is 0.250. The summed E-state index contributed by atoms with van der Waals surface area (Å²) < 4.78 is 5.19. The fourth-order valence-electron chi connectivity index (χ4n) is 1.33. The lowest BCUT2D eigenvalue weighted by molar-refractivity contribution is -0.122. The van der Waals surface area contributed by atoms with Crippen LogP contribution in [0.5, 0.6) is 11.5 Å². The monoisotopic (exact) mass is 226 g/mol. The van der Waals surface area contributed by atoms with Gasteiger partial charge in [0, 0.05) is 6.07 Å². The molecule has 0 saturated heterocycles. The van der Waals surface area contributed by atoms with Crippen molar-refractivity contribution in [1.82, 2.24) is 0 Å². The zero-order valence-electron chi connectivity index (χ0n) is 9.80. The lowest BCUT2D eigenvalue weighted by atomic mass is 9.97. The number of methoxy groups -OCH3 is 1. The summed E-state index contributed by atoms with van der Waals surface area (Å²) in [5.41, 5.74) is 1.16. The van der Waals surface area contributed by atoms with Crippen molar-refractivity contribution in [1.29, 1.82) is 0 Å². The first-order chi connectivity index (χ1) is 7.60. The molecule has 0 fully saturated rings. The van der Waals surface area contributed by atoms with E-state index in [9.17, 15) is 5.11 Å². The normalized spacial score (nSPS) is 10.9. The van der Waals surface area contributed by atoms with Crippen LogP contribution in [0.25, 0.3) is 0 Å². The smallest absolute Gasteiger partial charge is 0.290 e. The van der Waals surface area contributed by atoms with Crippen LogP contribution < -0.4 is 4.74 Å². The van der Waals surface area contributed by atoms with Gasteiger partial charge in [-0.3, -0.25) is 4.79 Å². The number of rotatable bonds is 3. The van der Waals surface area contributed by atoms with Crippen LogP contribution in [0.4, 0.5) is 0 Å². The molecular weight excluding hydrogens is 208 g/mol. The van der Waals surface area contributed by atoms with Gasteiger partial charge >= 0.3 is 0 Å². The van der Waals surface area contributed by atoms with Gasteiger partial charge in [0.25, 0.3) is 6.47 Å². The number of hydrogen-bond acceptors (Lipinski definition) is 3. The highest BCUT2D eigenvalue weighted by molar-refractivity contribution is 5.41. The zero-order chi connectivity index (χ0) is 12.6. The van der Waals surface area contributed by atoms with Gasteiger partial charge in [0.1, 0.15) is 11.5 Å². The highest BCUT2D eigenvalue weighted by atomic mass is 16.5. The largest absolute Gasteiger partial charge is 0.508 e. The average molecular weight is 226 g/mol. The first kappa shape index (κ1) is 14.3. The molecule has 0 spiro atoms. The molecule has 1 atom stereocenters. The van der Waals surface area contributed by atoms with Crippen molar-refractivity contribution in [2.24, 2.45) is 0 Å². The van der Waals surface area contributed by atoms with Gasteiger partial charge in [-0.1, -0.05) is 19.9 Å². The maximum absolute atomic E-state index is 9.24. The summed E-state index contributed by atoms with van der Waals surface area (Å²) in [5.74, 6) is 1.49. The second kappa shape index (κ2) is 7.56. The van der Waals surface area contributed by atoms with Gasteiger partial charge in [-0.15, -0.1) is 0 Å². The van der Waals surface area contributed by atoms with Crippen molar-refractivity contribution >= 4 is 6.47 Å². The Labute approximate surface area is 95.5 Å². The van der Waals surface area contributed by atoms with Gasteiger partial charge in [0.2, 0.25) is 0 Å². The molecular formula is C12H18O4. The van der Waals surface area contributed by atoms with Gasteiger partial charge in [-0.05, 0) is 24.0 Å². The Bertz CT molecular complexity index is 323. The van der Waals surface area contributed by atoms with Crippen molar-refractivity contribution in [2.45, 2.75) is 26.2 Å². The Balaban J connectivity index is 0.000000673. The second-order valence-corrected chi connectivity index (χ2v) is 3.34. The Morgan fingerprint density at radius 1 is 1.50 bits per heavy atom. The van der Waals surface area contributed by atoms with E-state index in [4.69, 9.17) is 14.6 Å². The number of hydrogen-bond donors (Lipinski definition) is 2. The molecule has 0 bridgehead atoms. The summed E-state index contributed by atoms with van der Waals surface area (Å²) in [6, 6.07) is 5.27. The average Bonchev–Trinajstić information content (AvgIpc) is 2.29. The lowest BCUT2D eigenvalue weighted by Crippen LogP contribution is -1.95. The number of carboxylic acid groups (broad SMARTS) is 1. The van der Waals surface area contributed by atoms with E-state index in [0.717, 1.165) is 17.7 Å². The van der Waals surface area contributed by atoms with Crippen LogP contribution in [0, 0.1) is 0 Å². The molecule has 4 nitrogen and oxygen atoms in total. The summed E-state index contributed by atoms with van der Waals surface area (Å²) in [6.45, 7) is 4.03. The van der Waals surface area contributed by atoms with E-state index in [-0.39, 0.29) is 12.2 Å². The maximum atomic E-state index is 9.24. The van der Waals surface area contributed by atoms with E-state index in [0.29, 0.717) is 5.92 Å². The van der Waals surface area contributed by atoms with Crippen molar-refractivity contribution in [3.05, 3.63) is 23.8 Å². The highest BCUT2D eigenvalue weighted by Gasteiger charge is 2.09. The number of phenolic OH excluding ortho intramolecular Hbond substituents is 1. The summed E-state index contributed by atoms with van der Waals surface area (Å²) in [5, 5.41) is 16.1. The SMILES string of the molecule is CCC(C)c1ccc(O)cc1OC.O=CO. The molecule has 0 aliphatic rings. The standard InChI is InChI=1S/C11H16O2.CH2O2/c1-4-8(2)10-6-5-9(12)7-11(10)13-3;2-1-3/h5-8,12H,4H2,1-3H3;1H,(H,2,3). The minimum atomic E-state index is -0.250.